The zero-order chi connectivity index (χ0) is 31.5. The first kappa shape index (κ1) is 32.2. The van der Waals surface area contributed by atoms with E-state index in [4.69, 9.17) is 40.0 Å². The summed E-state index contributed by atoms with van der Waals surface area (Å²) in [5.41, 5.74) is -5.78. The van der Waals surface area contributed by atoms with Gasteiger partial charge in [-0.05, 0) is 25.5 Å². The van der Waals surface area contributed by atoms with Gasteiger partial charge in [-0.2, -0.15) is 0 Å². The van der Waals surface area contributed by atoms with Crippen LogP contribution < -0.4 is 0 Å². The lowest BCUT2D eigenvalue weighted by Gasteiger charge is -2.60. The molecule has 13 nitrogen and oxygen atoms in total. The average Bonchev–Trinajstić information content (AvgIpc) is 3.61. The van der Waals surface area contributed by atoms with Gasteiger partial charge in [0.05, 0.1) is 11.3 Å². The Morgan fingerprint density at radius 1 is 0.929 bits per heavy atom. The molecule has 0 spiro atoms. The number of ether oxygens (including phenoxy) is 6. The fourth-order valence-electron chi connectivity index (χ4n) is 7.18. The minimum Gasteiger partial charge on any atom is -0.462 e. The molecule has 0 bridgehead atoms. The normalized spacial score (nSPS) is 44.2. The topological polar surface area (TPSA) is 184 Å². The molecule has 12 atom stereocenters. The molecule has 2 N–H and O–H groups in total. The summed E-state index contributed by atoms with van der Waals surface area (Å²) < 4.78 is 34.5. The van der Waals surface area contributed by atoms with E-state index in [-0.39, 0.29) is 12.3 Å². The lowest BCUT2D eigenvalue weighted by atomic mass is 9.51. The van der Waals surface area contributed by atoms with Crippen LogP contribution >= 0.6 is 11.6 Å². The smallest absolute Gasteiger partial charge is 0.312 e. The molecule has 2 heterocycles. The maximum atomic E-state index is 13.0. The van der Waals surface area contributed by atoms with Gasteiger partial charge >= 0.3 is 29.8 Å². The van der Waals surface area contributed by atoms with Crippen LogP contribution in [-0.2, 0) is 52.4 Å². The van der Waals surface area contributed by atoms with Crippen molar-refractivity contribution in [2.75, 3.05) is 5.88 Å². The number of hydrogen-bond acceptors (Lipinski definition) is 13. The van der Waals surface area contributed by atoms with Crippen molar-refractivity contribution in [2.24, 2.45) is 17.3 Å². The van der Waals surface area contributed by atoms with E-state index >= 15 is 0 Å². The number of alkyl halides is 1. The highest BCUT2D eigenvalue weighted by atomic mass is 35.5. The van der Waals surface area contributed by atoms with Gasteiger partial charge in [-0.3, -0.25) is 24.0 Å². The summed E-state index contributed by atoms with van der Waals surface area (Å²) in [6.07, 6.45) is -7.59. The van der Waals surface area contributed by atoms with Gasteiger partial charge in [0.25, 0.3) is 0 Å². The van der Waals surface area contributed by atoms with Crippen molar-refractivity contribution in [3.63, 3.8) is 0 Å². The molecule has 0 aromatic heterocycles. The van der Waals surface area contributed by atoms with E-state index in [9.17, 15) is 34.2 Å². The summed E-state index contributed by atoms with van der Waals surface area (Å²) in [4.78, 5) is 62.9. The summed E-state index contributed by atoms with van der Waals surface area (Å²) in [6.45, 7) is 8.74. The number of halogens is 1. The summed E-state index contributed by atoms with van der Waals surface area (Å²) in [6, 6.07) is 0. The largest absolute Gasteiger partial charge is 0.462 e. The number of rotatable bonds is 5. The Bertz CT molecular complexity index is 1200. The predicted octanol–water partition coefficient (Wildman–Crippen LogP) is 0.729. The second-order valence-corrected chi connectivity index (χ2v) is 12.2. The molecule has 4 aliphatic rings. The molecule has 2 aliphatic heterocycles. The van der Waals surface area contributed by atoms with Crippen molar-refractivity contribution in [1.29, 1.82) is 0 Å². The standard InChI is InChI=1S/C28H37ClO13/c1-11-25(34)41-19-8-16(10-29)20-21(42-20)23(39-14(4)32)26(6)17(37-12(2)30)9-18(38-13(3)31)27(7,35)22(26)24(28(11,19)36)40-15(5)33/h8,11,17-24,35-36H,9-10H2,1-7H3/t11-,17-,18+,19-,20+,21+,22+,23+,24+,26-,27+,28-/m0/s1. The predicted molar refractivity (Wildman–Crippen MR) is 141 cm³/mol. The third-order valence-corrected chi connectivity index (χ3v) is 9.41. The molecule has 2 saturated heterocycles. The number of aliphatic hydroxyl groups is 2. The van der Waals surface area contributed by atoms with Gasteiger partial charge in [-0.15, -0.1) is 11.6 Å². The lowest BCUT2D eigenvalue weighted by Crippen LogP contribution is -2.74. The van der Waals surface area contributed by atoms with Crippen LogP contribution in [0.2, 0.25) is 0 Å². The fourth-order valence-corrected chi connectivity index (χ4v) is 7.42. The zero-order valence-electron chi connectivity index (χ0n) is 24.5. The van der Waals surface area contributed by atoms with Gasteiger partial charge in [0, 0.05) is 45.9 Å². The van der Waals surface area contributed by atoms with E-state index in [0.717, 1.165) is 27.7 Å². The van der Waals surface area contributed by atoms with Crippen molar-refractivity contribution < 1.29 is 62.6 Å². The van der Waals surface area contributed by atoms with Crippen LogP contribution in [0.3, 0.4) is 0 Å². The lowest BCUT2D eigenvalue weighted by molar-refractivity contribution is -0.291. The Morgan fingerprint density at radius 2 is 1.45 bits per heavy atom. The van der Waals surface area contributed by atoms with E-state index in [0.29, 0.717) is 5.57 Å². The summed E-state index contributed by atoms with van der Waals surface area (Å²) in [5, 5.41) is 24.8. The minimum absolute atomic E-state index is 0.121. The summed E-state index contributed by atoms with van der Waals surface area (Å²) in [7, 11) is 0. The third kappa shape index (κ3) is 5.18. The Balaban J connectivity index is 2.11. The molecule has 2 aliphatic carbocycles. The Hall–Kier alpha value is -2.74. The molecular formula is C28H37ClO13. The van der Waals surface area contributed by atoms with Gasteiger partial charge in [0.15, 0.2) is 11.7 Å². The monoisotopic (exact) mass is 616 g/mol. The molecule has 42 heavy (non-hydrogen) atoms. The zero-order valence-corrected chi connectivity index (χ0v) is 25.2. The number of carbonyl (C=O) groups is 5. The molecule has 0 aromatic carbocycles. The number of esters is 5. The van der Waals surface area contributed by atoms with Gasteiger partial charge in [0.2, 0.25) is 0 Å². The van der Waals surface area contributed by atoms with Crippen molar-refractivity contribution in [1.82, 2.24) is 0 Å². The van der Waals surface area contributed by atoms with Crippen LogP contribution in [0.15, 0.2) is 11.6 Å². The second-order valence-electron chi connectivity index (χ2n) is 11.9. The molecule has 0 amide bonds. The number of epoxide rings is 1. The van der Waals surface area contributed by atoms with Gasteiger partial charge in [0.1, 0.15) is 42.2 Å². The average molecular weight is 617 g/mol. The van der Waals surface area contributed by atoms with E-state index < -0.39 is 101 Å². The van der Waals surface area contributed by atoms with E-state index in [2.05, 4.69) is 0 Å². The number of carbonyl (C=O) groups excluding carboxylic acids is 5. The van der Waals surface area contributed by atoms with Gasteiger partial charge in [-0.25, -0.2) is 0 Å². The maximum absolute atomic E-state index is 13.0. The molecule has 0 radical (unpaired) electrons. The van der Waals surface area contributed by atoms with Crippen LogP contribution in [0.4, 0.5) is 0 Å². The first-order valence-corrected chi connectivity index (χ1v) is 14.2. The highest BCUT2D eigenvalue weighted by Crippen LogP contribution is 2.60. The maximum Gasteiger partial charge on any atom is 0.312 e. The van der Waals surface area contributed by atoms with Crippen molar-refractivity contribution in [3.05, 3.63) is 11.6 Å². The van der Waals surface area contributed by atoms with Gasteiger partial charge in [-0.1, -0.05) is 6.92 Å². The highest BCUT2D eigenvalue weighted by Gasteiger charge is 2.75. The molecule has 14 heteroatoms. The highest BCUT2D eigenvalue weighted by molar-refractivity contribution is 6.19. The first-order chi connectivity index (χ1) is 19.4. The number of fused-ring (bicyclic) bond motifs is 3. The van der Waals surface area contributed by atoms with Crippen LogP contribution in [0, 0.1) is 17.3 Å². The molecule has 4 rings (SSSR count). The molecular weight excluding hydrogens is 580 g/mol. The molecule has 1 saturated carbocycles. The van der Waals surface area contributed by atoms with E-state index in [1.54, 1.807) is 6.92 Å². The van der Waals surface area contributed by atoms with Crippen molar-refractivity contribution >= 4 is 41.4 Å². The SMILES string of the molecule is CC(=O)O[C@H]1C[C@@H](OC(C)=O)[C@@](C)(O)[C@@H]2[C@@H](OC(C)=O)[C@@]3(O)[C@H](C=C(CCl)[C@H]4O[C@H]4[C@@H](OC(C)=O)[C@@]12C)OC(=O)[C@@H]3C. The van der Waals surface area contributed by atoms with E-state index in [1.807, 2.05) is 0 Å². The molecule has 234 valence electrons. The van der Waals surface area contributed by atoms with Gasteiger partial charge < -0.3 is 38.6 Å². The van der Waals surface area contributed by atoms with Crippen LogP contribution in [0.5, 0.6) is 0 Å². The Kier molecular flexibility index (Phi) is 8.48. The Morgan fingerprint density at radius 3 is 1.98 bits per heavy atom. The van der Waals surface area contributed by atoms with Crippen LogP contribution in [0.1, 0.15) is 54.9 Å². The molecule has 0 aromatic rings. The van der Waals surface area contributed by atoms with E-state index in [1.165, 1.54) is 19.9 Å². The van der Waals surface area contributed by atoms with Crippen molar-refractivity contribution in [3.8, 4) is 0 Å². The second kappa shape index (κ2) is 11.1. The van der Waals surface area contributed by atoms with Crippen LogP contribution in [0.25, 0.3) is 0 Å². The summed E-state index contributed by atoms with van der Waals surface area (Å²) >= 11 is 6.27. The summed E-state index contributed by atoms with van der Waals surface area (Å²) in [5.74, 6) is -6.92. The fraction of sp³-hybridized carbons (Fsp3) is 0.750. The minimum atomic E-state index is -2.34. The molecule has 3 fully saturated rings. The van der Waals surface area contributed by atoms with Crippen molar-refractivity contribution in [2.45, 2.75) is 109 Å². The Labute approximate surface area is 247 Å². The quantitative estimate of drug-likeness (QED) is 0.145. The number of hydrogen-bond donors (Lipinski definition) is 2. The first-order valence-electron chi connectivity index (χ1n) is 13.7. The molecule has 0 unspecified atom stereocenters. The third-order valence-electron chi connectivity index (χ3n) is 9.10. The van der Waals surface area contributed by atoms with Crippen LogP contribution in [-0.4, -0.2) is 99.9 Å².